The Morgan fingerprint density at radius 1 is 1.47 bits per heavy atom. The first kappa shape index (κ1) is 13.7. The van der Waals surface area contributed by atoms with E-state index in [1.165, 1.54) is 0 Å². The zero-order valence-electron chi connectivity index (χ0n) is 10.0. The van der Waals surface area contributed by atoms with Gasteiger partial charge < -0.3 is 14.8 Å². The van der Waals surface area contributed by atoms with E-state index in [-0.39, 0.29) is 5.90 Å². The summed E-state index contributed by atoms with van der Waals surface area (Å²) in [4.78, 5) is 11.3. The first-order valence-corrected chi connectivity index (χ1v) is 4.97. The van der Waals surface area contributed by atoms with E-state index >= 15 is 0 Å². The normalized spacial score (nSPS) is 12.9. The van der Waals surface area contributed by atoms with E-state index in [9.17, 15) is 4.79 Å². The minimum Gasteiger partial charge on any atom is -0.480 e. The number of amides is 1. The van der Waals surface area contributed by atoms with Crippen molar-refractivity contribution in [3.05, 3.63) is 0 Å². The molecule has 0 saturated carbocycles. The van der Waals surface area contributed by atoms with Crippen molar-refractivity contribution < 1.29 is 14.3 Å². The van der Waals surface area contributed by atoms with Crippen molar-refractivity contribution in [1.29, 1.82) is 5.41 Å². The molecule has 0 aromatic heterocycles. The highest BCUT2D eigenvalue weighted by Crippen LogP contribution is 2.06. The molecule has 0 aliphatic rings. The second-order valence-corrected chi connectivity index (χ2v) is 4.17. The minimum atomic E-state index is -0.542. The molecule has 0 aliphatic carbocycles. The Morgan fingerprint density at radius 3 is 2.40 bits per heavy atom. The third-order valence-electron chi connectivity index (χ3n) is 1.43. The van der Waals surface area contributed by atoms with Crippen LogP contribution >= 0.6 is 0 Å². The standard InChI is InChI=1S/C10H20N2O3/c1-6-14-8(11)7(2)12-9(13)15-10(3,4)5/h7,11H,6H2,1-5H3,(H,12,13)/t7-/m0/s1. The number of rotatable bonds is 3. The van der Waals surface area contributed by atoms with Gasteiger partial charge in [0.1, 0.15) is 11.6 Å². The fraction of sp³-hybridized carbons (Fsp3) is 0.800. The molecule has 0 radical (unpaired) electrons. The molecule has 5 nitrogen and oxygen atoms in total. The fourth-order valence-corrected chi connectivity index (χ4v) is 0.830. The second kappa shape index (κ2) is 5.58. The van der Waals surface area contributed by atoms with Gasteiger partial charge in [-0.15, -0.1) is 0 Å². The summed E-state index contributed by atoms with van der Waals surface area (Å²) in [7, 11) is 0. The lowest BCUT2D eigenvalue weighted by Gasteiger charge is -2.22. The van der Waals surface area contributed by atoms with Crippen LogP contribution in [0.4, 0.5) is 4.79 Å². The summed E-state index contributed by atoms with van der Waals surface area (Å²) in [6, 6.07) is -0.472. The summed E-state index contributed by atoms with van der Waals surface area (Å²) >= 11 is 0. The Balaban J connectivity index is 4.02. The Kier molecular flexibility index (Phi) is 5.11. The molecule has 1 amide bonds. The number of alkyl carbamates (subject to hydrolysis) is 1. The molecule has 0 saturated heterocycles. The molecule has 1 atom stereocenters. The first-order chi connectivity index (χ1) is 6.76. The van der Waals surface area contributed by atoms with Crippen molar-refractivity contribution in [3.63, 3.8) is 0 Å². The van der Waals surface area contributed by atoms with Crippen LogP contribution in [0.3, 0.4) is 0 Å². The molecule has 0 aliphatic heterocycles. The van der Waals surface area contributed by atoms with Gasteiger partial charge in [0.2, 0.25) is 5.90 Å². The first-order valence-electron chi connectivity index (χ1n) is 4.97. The molecular weight excluding hydrogens is 196 g/mol. The van der Waals surface area contributed by atoms with Gasteiger partial charge in [-0.3, -0.25) is 5.41 Å². The zero-order valence-corrected chi connectivity index (χ0v) is 10.0. The number of nitrogens with one attached hydrogen (secondary N) is 2. The molecule has 0 bridgehead atoms. The highest BCUT2D eigenvalue weighted by molar-refractivity contribution is 5.82. The van der Waals surface area contributed by atoms with Gasteiger partial charge in [0, 0.05) is 0 Å². The van der Waals surface area contributed by atoms with Gasteiger partial charge >= 0.3 is 6.09 Å². The Labute approximate surface area is 90.6 Å². The van der Waals surface area contributed by atoms with Crippen LogP contribution < -0.4 is 5.32 Å². The average molecular weight is 216 g/mol. The van der Waals surface area contributed by atoms with Crippen LogP contribution in [0.2, 0.25) is 0 Å². The quantitative estimate of drug-likeness (QED) is 0.559. The fourth-order valence-electron chi connectivity index (χ4n) is 0.830. The van der Waals surface area contributed by atoms with Gasteiger partial charge in [0.05, 0.1) is 6.61 Å². The highest BCUT2D eigenvalue weighted by Gasteiger charge is 2.19. The molecule has 0 rings (SSSR count). The second-order valence-electron chi connectivity index (χ2n) is 4.17. The molecular formula is C10H20N2O3. The van der Waals surface area contributed by atoms with Gasteiger partial charge in [0.25, 0.3) is 0 Å². The molecule has 0 heterocycles. The monoisotopic (exact) mass is 216 g/mol. The van der Waals surface area contributed by atoms with Crippen LogP contribution in [0.25, 0.3) is 0 Å². The van der Waals surface area contributed by atoms with Gasteiger partial charge in [-0.05, 0) is 34.6 Å². The van der Waals surface area contributed by atoms with Gasteiger partial charge in [0.15, 0.2) is 0 Å². The van der Waals surface area contributed by atoms with Crippen LogP contribution in [-0.2, 0) is 9.47 Å². The molecule has 0 spiro atoms. The van der Waals surface area contributed by atoms with E-state index in [0.29, 0.717) is 6.61 Å². The Bertz CT molecular complexity index is 233. The van der Waals surface area contributed by atoms with E-state index in [4.69, 9.17) is 14.9 Å². The topological polar surface area (TPSA) is 71.4 Å². The van der Waals surface area contributed by atoms with Gasteiger partial charge in [-0.2, -0.15) is 0 Å². The number of hydrogen-bond donors (Lipinski definition) is 2. The predicted molar refractivity (Wildman–Crippen MR) is 58.2 cm³/mol. The van der Waals surface area contributed by atoms with E-state index < -0.39 is 17.7 Å². The molecule has 88 valence electrons. The van der Waals surface area contributed by atoms with Crippen molar-refractivity contribution in [2.24, 2.45) is 0 Å². The van der Waals surface area contributed by atoms with Crippen LogP contribution in [0.15, 0.2) is 0 Å². The largest absolute Gasteiger partial charge is 0.480 e. The van der Waals surface area contributed by atoms with E-state index in [1.54, 1.807) is 34.6 Å². The molecule has 5 heteroatoms. The van der Waals surface area contributed by atoms with Crippen LogP contribution in [-0.4, -0.2) is 30.2 Å². The Morgan fingerprint density at radius 2 is 2.00 bits per heavy atom. The number of carbonyl (C=O) groups is 1. The van der Waals surface area contributed by atoms with Crippen LogP contribution in [0, 0.1) is 5.41 Å². The molecule has 0 fully saturated rings. The number of carbonyl (C=O) groups excluding carboxylic acids is 1. The molecule has 15 heavy (non-hydrogen) atoms. The van der Waals surface area contributed by atoms with Crippen molar-refractivity contribution in [1.82, 2.24) is 5.32 Å². The average Bonchev–Trinajstić information content (AvgIpc) is 2.00. The summed E-state index contributed by atoms with van der Waals surface area (Å²) in [6.07, 6.45) is -0.542. The smallest absolute Gasteiger partial charge is 0.408 e. The maximum Gasteiger partial charge on any atom is 0.408 e. The van der Waals surface area contributed by atoms with Crippen molar-refractivity contribution >= 4 is 12.0 Å². The molecule has 2 N–H and O–H groups in total. The van der Waals surface area contributed by atoms with E-state index in [2.05, 4.69) is 5.32 Å². The van der Waals surface area contributed by atoms with Crippen LogP contribution in [0.1, 0.15) is 34.6 Å². The number of hydrogen-bond acceptors (Lipinski definition) is 4. The lowest BCUT2D eigenvalue weighted by molar-refractivity contribution is 0.0515. The third-order valence-corrected chi connectivity index (χ3v) is 1.43. The highest BCUT2D eigenvalue weighted by atomic mass is 16.6. The lowest BCUT2D eigenvalue weighted by atomic mass is 10.2. The summed E-state index contributed by atoms with van der Waals surface area (Å²) in [5.41, 5.74) is -0.530. The summed E-state index contributed by atoms with van der Waals surface area (Å²) < 4.78 is 9.98. The van der Waals surface area contributed by atoms with Crippen molar-refractivity contribution in [3.8, 4) is 0 Å². The van der Waals surface area contributed by atoms with Gasteiger partial charge in [-0.25, -0.2) is 4.79 Å². The lowest BCUT2D eigenvalue weighted by Crippen LogP contribution is -2.42. The van der Waals surface area contributed by atoms with Gasteiger partial charge in [-0.1, -0.05) is 0 Å². The zero-order chi connectivity index (χ0) is 12.1. The summed E-state index contributed by atoms with van der Waals surface area (Å²) in [5.74, 6) is 0.0309. The predicted octanol–water partition coefficient (Wildman–Crippen LogP) is 1.91. The summed E-state index contributed by atoms with van der Waals surface area (Å²) in [6.45, 7) is 9.22. The maximum absolute atomic E-state index is 11.3. The SMILES string of the molecule is CCOC(=N)[C@H](C)NC(=O)OC(C)(C)C. The molecule has 0 unspecified atom stereocenters. The molecule has 0 aromatic rings. The van der Waals surface area contributed by atoms with Crippen molar-refractivity contribution in [2.45, 2.75) is 46.3 Å². The van der Waals surface area contributed by atoms with E-state index in [1.807, 2.05) is 0 Å². The maximum atomic E-state index is 11.3. The third kappa shape index (κ3) is 6.76. The van der Waals surface area contributed by atoms with Crippen LogP contribution in [0.5, 0.6) is 0 Å². The minimum absolute atomic E-state index is 0.0309. The summed E-state index contributed by atoms with van der Waals surface area (Å²) in [5, 5.41) is 9.94. The van der Waals surface area contributed by atoms with Crippen molar-refractivity contribution in [2.75, 3.05) is 6.61 Å². The van der Waals surface area contributed by atoms with E-state index in [0.717, 1.165) is 0 Å². The number of ether oxygens (including phenoxy) is 2. The Hall–Kier alpha value is -1.26. The molecule has 0 aromatic carbocycles.